The molecule has 7 heteroatoms. The molecular formula is C24H21N7. The Hall–Kier alpha value is -3.74. The van der Waals surface area contributed by atoms with Gasteiger partial charge in [0.1, 0.15) is 22.6 Å². The van der Waals surface area contributed by atoms with Crippen LogP contribution >= 0.6 is 0 Å². The van der Waals surface area contributed by atoms with E-state index in [0.29, 0.717) is 0 Å². The summed E-state index contributed by atoms with van der Waals surface area (Å²) >= 11 is 0. The van der Waals surface area contributed by atoms with Gasteiger partial charge in [0.2, 0.25) is 0 Å². The number of fused-ring (bicyclic) bond motifs is 2. The maximum Gasteiger partial charge on any atom is 0.113 e. The molecule has 5 aromatic rings. The van der Waals surface area contributed by atoms with E-state index >= 15 is 0 Å². The molecule has 7 rings (SSSR count). The molecule has 3 aromatic carbocycles. The van der Waals surface area contributed by atoms with Crippen molar-refractivity contribution in [1.82, 2.24) is 30.0 Å². The summed E-state index contributed by atoms with van der Waals surface area (Å²) in [6.07, 6.45) is 2.03. The van der Waals surface area contributed by atoms with Crippen molar-refractivity contribution in [2.75, 3.05) is 18.0 Å². The third-order valence-corrected chi connectivity index (χ3v) is 6.73. The number of nitrogens with zero attached hydrogens (tertiary/aromatic N) is 7. The van der Waals surface area contributed by atoms with Crippen LogP contribution in [0.4, 0.5) is 5.69 Å². The van der Waals surface area contributed by atoms with Crippen molar-refractivity contribution in [3.63, 3.8) is 0 Å². The maximum absolute atomic E-state index is 4.80. The van der Waals surface area contributed by atoms with Gasteiger partial charge in [-0.1, -0.05) is 47.7 Å². The molecule has 0 fully saturated rings. The number of hydrogen-bond donors (Lipinski definition) is 0. The van der Waals surface area contributed by atoms with E-state index in [0.717, 1.165) is 48.0 Å². The molecule has 2 atom stereocenters. The Morgan fingerprint density at radius 3 is 2.10 bits per heavy atom. The van der Waals surface area contributed by atoms with Gasteiger partial charge in [0.15, 0.2) is 0 Å². The second-order valence-electron chi connectivity index (χ2n) is 8.41. The highest BCUT2D eigenvalue weighted by atomic mass is 15.5. The van der Waals surface area contributed by atoms with Crippen LogP contribution in [0.5, 0.6) is 0 Å². The minimum Gasteiger partial charge on any atom is -0.371 e. The van der Waals surface area contributed by atoms with Crippen molar-refractivity contribution in [2.45, 2.75) is 24.9 Å². The molecule has 2 aromatic heterocycles. The number of hydrogen-bond acceptors (Lipinski definition) is 5. The van der Waals surface area contributed by atoms with E-state index in [1.54, 1.807) is 0 Å². The smallest absolute Gasteiger partial charge is 0.113 e. The molecule has 2 unspecified atom stereocenters. The lowest BCUT2D eigenvalue weighted by atomic mass is 9.87. The SMILES string of the molecule is c1cc2c3c(c1)C(n1nnc4ccccc41)CCN3CCC2n1nc2ccccc2n1. The van der Waals surface area contributed by atoms with E-state index in [4.69, 9.17) is 10.2 Å². The first kappa shape index (κ1) is 17.0. The number of para-hydroxylation sites is 2. The molecule has 152 valence electrons. The van der Waals surface area contributed by atoms with Gasteiger partial charge in [0.25, 0.3) is 0 Å². The van der Waals surface area contributed by atoms with Crippen molar-refractivity contribution in [3.05, 3.63) is 77.9 Å². The van der Waals surface area contributed by atoms with Gasteiger partial charge in [-0.25, -0.2) is 4.68 Å². The predicted molar refractivity (Wildman–Crippen MR) is 119 cm³/mol. The molecule has 0 radical (unpaired) electrons. The highest BCUT2D eigenvalue weighted by Gasteiger charge is 2.36. The molecule has 2 aliphatic heterocycles. The molecule has 31 heavy (non-hydrogen) atoms. The van der Waals surface area contributed by atoms with Crippen LogP contribution in [0.2, 0.25) is 0 Å². The lowest BCUT2D eigenvalue weighted by Gasteiger charge is -2.42. The molecule has 0 amide bonds. The number of aromatic nitrogens is 6. The van der Waals surface area contributed by atoms with Crippen LogP contribution in [0.25, 0.3) is 22.1 Å². The standard InChI is InChI=1S/C24H21N7/c1-2-9-19-18(8-1)26-31(27-19)22-13-15-29-14-12-21(16-6-5-7-17(22)24(16)29)30-23-11-4-3-10-20(23)25-28-30/h1-11,21-22H,12-15H2. The van der Waals surface area contributed by atoms with Crippen LogP contribution in [0.3, 0.4) is 0 Å². The second kappa shape index (κ2) is 6.38. The summed E-state index contributed by atoms with van der Waals surface area (Å²) in [6.45, 7) is 2.03. The topological polar surface area (TPSA) is 64.7 Å². The molecular weight excluding hydrogens is 386 g/mol. The van der Waals surface area contributed by atoms with Crippen LogP contribution in [0.15, 0.2) is 66.7 Å². The van der Waals surface area contributed by atoms with Gasteiger partial charge in [0, 0.05) is 29.9 Å². The molecule has 0 N–H and O–H groups in total. The lowest BCUT2D eigenvalue weighted by Crippen LogP contribution is -2.40. The monoisotopic (exact) mass is 407 g/mol. The van der Waals surface area contributed by atoms with Crippen LogP contribution in [0, 0.1) is 0 Å². The summed E-state index contributed by atoms with van der Waals surface area (Å²) in [7, 11) is 0. The van der Waals surface area contributed by atoms with Gasteiger partial charge in [-0.3, -0.25) is 0 Å². The normalized spacial score (nSPS) is 20.3. The van der Waals surface area contributed by atoms with Crippen LogP contribution in [-0.2, 0) is 0 Å². The molecule has 0 saturated heterocycles. The van der Waals surface area contributed by atoms with Crippen molar-refractivity contribution in [1.29, 1.82) is 0 Å². The highest BCUT2D eigenvalue weighted by Crippen LogP contribution is 2.45. The van der Waals surface area contributed by atoms with E-state index in [1.807, 2.05) is 41.2 Å². The molecule has 0 bridgehead atoms. The fraction of sp³-hybridized carbons (Fsp3) is 0.250. The summed E-state index contributed by atoms with van der Waals surface area (Å²) < 4.78 is 2.10. The Morgan fingerprint density at radius 2 is 1.32 bits per heavy atom. The largest absolute Gasteiger partial charge is 0.371 e. The van der Waals surface area contributed by atoms with Crippen molar-refractivity contribution in [3.8, 4) is 0 Å². The third kappa shape index (κ3) is 2.46. The molecule has 0 aliphatic carbocycles. The Morgan fingerprint density at radius 1 is 0.677 bits per heavy atom. The van der Waals surface area contributed by atoms with Gasteiger partial charge < -0.3 is 4.90 Å². The van der Waals surface area contributed by atoms with E-state index in [1.165, 1.54) is 16.8 Å². The average Bonchev–Trinajstić information content (AvgIpc) is 3.44. The van der Waals surface area contributed by atoms with Gasteiger partial charge in [-0.2, -0.15) is 15.0 Å². The minimum absolute atomic E-state index is 0.143. The summed E-state index contributed by atoms with van der Waals surface area (Å²) in [5, 5.41) is 18.6. The Bertz CT molecular complexity index is 1400. The quantitative estimate of drug-likeness (QED) is 0.443. The zero-order chi connectivity index (χ0) is 20.4. The first-order chi connectivity index (χ1) is 15.4. The van der Waals surface area contributed by atoms with E-state index < -0.39 is 0 Å². The van der Waals surface area contributed by atoms with Crippen LogP contribution < -0.4 is 4.90 Å². The Kier molecular flexibility index (Phi) is 3.50. The van der Waals surface area contributed by atoms with Crippen LogP contribution in [0.1, 0.15) is 36.1 Å². The third-order valence-electron chi connectivity index (χ3n) is 6.73. The van der Waals surface area contributed by atoms with E-state index in [-0.39, 0.29) is 12.1 Å². The zero-order valence-electron chi connectivity index (χ0n) is 17.0. The predicted octanol–water partition coefficient (Wildman–Crippen LogP) is 3.97. The van der Waals surface area contributed by atoms with Crippen molar-refractivity contribution < 1.29 is 0 Å². The highest BCUT2D eigenvalue weighted by molar-refractivity contribution is 5.75. The fourth-order valence-electron chi connectivity index (χ4n) is 5.31. The van der Waals surface area contributed by atoms with Gasteiger partial charge in [-0.05, 0) is 37.1 Å². The first-order valence-electron chi connectivity index (χ1n) is 10.9. The zero-order valence-corrected chi connectivity index (χ0v) is 17.0. The number of rotatable bonds is 2. The molecule has 4 heterocycles. The maximum atomic E-state index is 4.80. The van der Waals surface area contributed by atoms with Crippen molar-refractivity contribution in [2.24, 2.45) is 0 Å². The molecule has 0 spiro atoms. The Balaban J connectivity index is 1.38. The fourth-order valence-corrected chi connectivity index (χ4v) is 5.31. The van der Waals surface area contributed by atoms with Gasteiger partial charge in [0.05, 0.1) is 11.6 Å². The first-order valence-corrected chi connectivity index (χ1v) is 10.9. The number of benzene rings is 3. The average molecular weight is 407 g/mol. The minimum atomic E-state index is 0.143. The second-order valence-corrected chi connectivity index (χ2v) is 8.41. The summed E-state index contributed by atoms with van der Waals surface area (Å²) in [6, 6.07) is 23.3. The summed E-state index contributed by atoms with van der Waals surface area (Å²) in [5.41, 5.74) is 7.88. The number of anilines is 1. The lowest BCUT2D eigenvalue weighted by molar-refractivity contribution is 0.403. The molecule has 2 aliphatic rings. The van der Waals surface area contributed by atoms with E-state index in [9.17, 15) is 0 Å². The summed E-state index contributed by atoms with van der Waals surface area (Å²) in [4.78, 5) is 4.45. The van der Waals surface area contributed by atoms with Crippen molar-refractivity contribution >= 4 is 27.8 Å². The van der Waals surface area contributed by atoms with E-state index in [2.05, 4.69) is 50.2 Å². The Labute approximate surface area is 178 Å². The summed E-state index contributed by atoms with van der Waals surface area (Å²) in [5.74, 6) is 0. The molecule has 0 saturated carbocycles. The van der Waals surface area contributed by atoms with Gasteiger partial charge >= 0.3 is 0 Å². The van der Waals surface area contributed by atoms with Gasteiger partial charge in [-0.15, -0.1) is 5.10 Å². The van der Waals surface area contributed by atoms with Crippen LogP contribution in [-0.4, -0.2) is 43.1 Å². The molecule has 7 nitrogen and oxygen atoms in total.